The molecule has 0 radical (unpaired) electrons. The van der Waals surface area contributed by atoms with Crippen LogP contribution in [0.1, 0.15) is 31.9 Å². The van der Waals surface area contributed by atoms with Gasteiger partial charge >= 0.3 is 0 Å². The molecule has 2 aromatic carbocycles. The molecule has 1 heterocycles. The zero-order valence-electron chi connectivity index (χ0n) is 18.3. The summed E-state index contributed by atoms with van der Waals surface area (Å²) in [6.07, 6.45) is 0.543. The molecule has 160 valence electrons. The maximum absolute atomic E-state index is 13.4. The minimum atomic E-state index is -1.88. The van der Waals surface area contributed by atoms with Gasteiger partial charge in [0, 0.05) is 34.0 Å². The quantitative estimate of drug-likeness (QED) is 0.372. The van der Waals surface area contributed by atoms with Crippen LogP contribution in [0.4, 0.5) is 0 Å². The number of hydrogen-bond donors (Lipinski definition) is 0. The Balaban J connectivity index is 1.96. The molecule has 0 atom stereocenters. The molecule has 3 aromatic rings. The minimum Gasteiger partial charge on any atom is -0.415 e. The van der Waals surface area contributed by atoms with Gasteiger partial charge in [-0.25, -0.2) is 0 Å². The molecule has 0 amide bonds. The highest BCUT2D eigenvalue weighted by atomic mass is 35.5. The van der Waals surface area contributed by atoms with Crippen molar-refractivity contribution in [1.29, 1.82) is 0 Å². The molecule has 0 saturated carbocycles. The molecule has 0 aliphatic rings. The van der Waals surface area contributed by atoms with Crippen LogP contribution in [0.25, 0.3) is 10.9 Å². The first kappa shape index (κ1) is 23.1. The van der Waals surface area contributed by atoms with E-state index in [1.54, 1.807) is 0 Å². The first-order valence-electron chi connectivity index (χ1n) is 10.2. The van der Waals surface area contributed by atoms with Crippen LogP contribution in [0.15, 0.2) is 53.3 Å². The van der Waals surface area contributed by atoms with E-state index in [0.29, 0.717) is 29.6 Å². The zero-order chi connectivity index (χ0) is 22.1. The summed E-state index contributed by atoms with van der Waals surface area (Å²) in [6.45, 7) is 12.1. The zero-order valence-corrected chi connectivity index (χ0v) is 20.8. The summed E-state index contributed by atoms with van der Waals surface area (Å²) in [7, 11) is -1.88. The fourth-order valence-corrected chi connectivity index (χ4v) is 4.54. The second-order valence-electron chi connectivity index (χ2n) is 9.24. The van der Waals surface area contributed by atoms with E-state index in [-0.39, 0.29) is 10.6 Å². The van der Waals surface area contributed by atoms with E-state index < -0.39 is 8.32 Å². The third-order valence-corrected chi connectivity index (χ3v) is 11.0. The van der Waals surface area contributed by atoms with E-state index in [9.17, 15) is 4.79 Å². The van der Waals surface area contributed by atoms with Crippen molar-refractivity contribution in [2.45, 2.75) is 51.9 Å². The maximum Gasteiger partial charge on any atom is 0.254 e. The molecular formula is C24H29Cl2NO2Si. The highest BCUT2D eigenvalue weighted by molar-refractivity contribution is 6.74. The van der Waals surface area contributed by atoms with Gasteiger partial charge in [-0.2, -0.15) is 0 Å². The van der Waals surface area contributed by atoms with Crippen LogP contribution in [-0.4, -0.2) is 19.5 Å². The van der Waals surface area contributed by atoms with Crippen LogP contribution in [0.3, 0.4) is 0 Å². The Morgan fingerprint density at radius 1 is 0.967 bits per heavy atom. The summed E-state index contributed by atoms with van der Waals surface area (Å²) in [6, 6.07) is 15.2. The largest absolute Gasteiger partial charge is 0.415 e. The normalized spacial score (nSPS) is 12.5. The lowest BCUT2D eigenvalue weighted by atomic mass is 10.0. The Hall–Kier alpha value is -1.59. The number of hydrogen-bond acceptors (Lipinski definition) is 2. The van der Waals surface area contributed by atoms with Crippen LogP contribution < -0.4 is 5.56 Å². The Kier molecular flexibility index (Phi) is 6.83. The number of pyridine rings is 1. The van der Waals surface area contributed by atoms with E-state index in [4.69, 9.17) is 27.6 Å². The number of aromatic nitrogens is 1. The van der Waals surface area contributed by atoms with Crippen LogP contribution in [-0.2, 0) is 17.4 Å². The Morgan fingerprint density at radius 3 is 2.23 bits per heavy atom. The van der Waals surface area contributed by atoms with Gasteiger partial charge in [-0.1, -0.05) is 56.1 Å². The highest BCUT2D eigenvalue weighted by Crippen LogP contribution is 2.36. The van der Waals surface area contributed by atoms with Crippen molar-refractivity contribution in [2.24, 2.45) is 0 Å². The standard InChI is InChI=1S/C24H29Cl2NO2Si/c1-24(2,3)30(4,5)29-13-12-27-22-11-10-21(26)16-18(22)15-19(23(27)28)14-17-6-8-20(25)9-7-17/h6-11,15-16H,12-14H2,1-5H3. The summed E-state index contributed by atoms with van der Waals surface area (Å²) >= 11 is 12.2. The Morgan fingerprint density at radius 2 is 1.60 bits per heavy atom. The van der Waals surface area contributed by atoms with Gasteiger partial charge in [0.25, 0.3) is 5.56 Å². The molecule has 1 aromatic heterocycles. The molecule has 30 heavy (non-hydrogen) atoms. The topological polar surface area (TPSA) is 31.2 Å². The molecule has 0 saturated heterocycles. The second-order valence-corrected chi connectivity index (χ2v) is 14.9. The van der Waals surface area contributed by atoms with Crippen molar-refractivity contribution in [3.63, 3.8) is 0 Å². The van der Waals surface area contributed by atoms with E-state index in [0.717, 1.165) is 22.0 Å². The number of nitrogens with zero attached hydrogens (tertiary/aromatic N) is 1. The van der Waals surface area contributed by atoms with Gasteiger partial charge in [-0.05, 0) is 60.1 Å². The van der Waals surface area contributed by atoms with Gasteiger partial charge < -0.3 is 8.99 Å². The number of fused-ring (bicyclic) bond motifs is 1. The summed E-state index contributed by atoms with van der Waals surface area (Å²) in [5, 5.41) is 2.43. The van der Waals surface area contributed by atoms with Crippen molar-refractivity contribution < 1.29 is 4.43 Å². The van der Waals surface area contributed by atoms with E-state index in [2.05, 4.69) is 33.9 Å². The van der Waals surface area contributed by atoms with E-state index in [1.807, 2.05) is 53.1 Å². The number of benzene rings is 2. The first-order valence-corrected chi connectivity index (χ1v) is 13.8. The maximum atomic E-state index is 13.4. The fraction of sp³-hybridized carbons (Fsp3) is 0.375. The number of rotatable bonds is 6. The predicted molar refractivity (Wildman–Crippen MR) is 131 cm³/mol. The average Bonchev–Trinajstić information content (AvgIpc) is 2.65. The van der Waals surface area contributed by atoms with Crippen LogP contribution in [0.2, 0.25) is 28.2 Å². The molecule has 0 unspecified atom stereocenters. The molecule has 0 fully saturated rings. The van der Waals surface area contributed by atoms with Gasteiger partial charge in [0.2, 0.25) is 0 Å². The lowest BCUT2D eigenvalue weighted by Gasteiger charge is -2.36. The Bertz CT molecular complexity index is 1100. The molecular weight excluding hydrogens is 433 g/mol. The SMILES string of the molecule is CC(C)(C)[Si](C)(C)OCCn1c(=O)c(Cc2ccc(Cl)cc2)cc2cc(Cl)ccc21. The lowest BCUT2D eigenvalue weighted by molar-refractivity contribution is 0.272. The summed E-state index contributed by atoms with van der Waals surface area (Å²) in [5.74, 6) is 0. The van der Waals surface area contributed by atoms with Crippen molar-refractivity contribution in [3.8, 4) is 0 Å². The summed E-state index contributed by atoms with van der Waals surface area (Å²) < 4.78 is 8.16. The third-order valence-electron chi connectivity index (χ3n) is 6.02. The van der Waals surface area contributed by atoms with Crippen LogP contribution in [0, 0.1) is 0 Å². The lowest BCUT2D eigenvalue weighted by Crippen LogP contribution is -2.42. The highest BCUT2D eigenvalue weighted by Gasteiger charge is 2.36. The molecule has 0 spiro atoms. The summed E-state index contributed by atoms with van der Waals surface area (Å²) in [4.78, 5) is 13.4. The fourth-order valence-electron chi connectivity index (χ4n) is 3.20. The van der Waals surface area contributed by atoms with E-state index in [1.165, 1.54) is 0 Å². The monoisotopic (exact) mass is 461 g/mol. The smallest absolute Gasteiger partial charge is 0.254 e. The second kappa shape index (κ2) is 8.87. The Labute approximate surface area is 189 Å². The van der Waals surface area contributed by atoms with Gasteiger partial charge in [-0.3, -0.25) is 4.79 Å². The molecule has 0 aliphatic carbocycles. The van der Waals surface area contributed by atoms with Gasteiger partial charge in [0.15, 0.2) is 8.32 Å². The first-order chi connectivity index (χ1) is 14.0. The van der Waals surface area contributed by atoms with Gasteiger partial charge in [0.05, 0.1) is 12.1 Å². The molecule has 0 N–H and O–H groups in total. The van der Waals surface area contributed by atoms with Gasteiger partial charge in [0.1, 0.15) is 0 Å². The summed E-state index contributed by atoms with van der Waals surface area (Å²) in [5.41, 5.74) is 2.67. The number of halogens is 2. The van der Waals surface area contributed by atoms with Crippen molar-refractivity contribution in [1.82, 2.24) is 4.57 Å². The van der Waals surface area contributed by atoms with Crippen molar-refractivity contribution >= 4 is 42.4 Å². The van der Waals surface area contributed by atoms with E-state index >= 15 is 0 Å². The third kappa shape index (κ3) is 5.17. The minimum absolute atomic E-state index is 0.0126. The molecule has 6 heteroatoms. The average molecular weight is 462 g/mol. The molecule has 0 aliphatic heterocycles. The molecule has 0 bridgehead atoms. The molecule has 3 rings (SSSR count). The van der Waals surface area contributed by atoms with Gasteiger partial charge in [-0.15, -0.1) is 0 Å². The van der Waals surface area contributed by atoms with Crippen LogP contribution in [0.5, 0.6) is 0 Å². The predicted octanol–water partition coefficient (Wildman–Crippen LogP) is 6.92. The van der Waals surface area contributed by atoms with Crippen LogP contribution >= 0.6 is 23.2 Å². The van der Waals surface area contributed by atoms with Crippen molar-refractivity contribution in [2.75, 3.05) is 6.61 Å². The van der Waals surface area contributed by atoms with Crippen molar-refractivity contribution in [3.05, 3.63) is 80.1 Å². The molecule has 3 nitrogen and oxygen atoms in total.